The summed E-state index contributed by atoms with van der Waals surface area (Å²) in [5.74, 6) is 1.74. The second kappa shape index (κ2) is 10.1. The smallest absolute Gasteiger partial charge is 0.128 e. The number of benzene rings is 2. The molecule has 0 radical (unpaired) electrons. The van der Waals surface area contributed by atoms with E-state index in [1.807, 2.05) is 24.3 Å². The summed E-state index contributed by atoms with van der Waals surface area (Å²) in [5, 5.41) is 10.3. The van der Waals surface area contributed by atoms with Gasteiger partial charge in [-0.05, 0) is 62.2 Å². The van der Waals surface area contributed by atoms with Crippen molar-refractivity contribution in [1.29, 1.82) is 0 Å². The lowest BCUT2D eigenvalue weighted by molar-refractivity contribution is 0.251. The Morgan fingerprint density at radius 2 is 1.96 bits per heavy atom. The van der Waals surface area contributed by atoms with E-state index in [-0.39, 0.29) is 11.8 Å². The minimum absolute atomic E-state index is 0.191. The molecule has 0 aromatic heterocycles. The Hall–Kier alpha value is -2.53. The van der Waals surface area contributed by atoms with Crippen molar-refractivity contribution in [2.24, 2.45) is 4.99 Å². The van der Waals surface area contributed by atoms with Crippen LogP contribution >= 0.6 is 0 Å². The molecule has 28 heavy (non-hydrogen) atoms. The van der Waals surface area contributed by atoms with Crippen molar-refractivity contribution >= 4 is 6.21 Å². The first-order valence-corrected chi connectivity index (χ1v) is 10.0. The molecule has 1 saturated heterocycles. The summed E-state index contributed by atoms with van der Waals surface area (Å²) in [6.07, 6.45) is 5.14. The van der Waals surface area contributed by atoms with Gasteiger partial charge in [0.15, 0.2) is 0 Å². The molecule has 1 aliphatic heterocycles. The second-order valence-electron chi connectivity index (χ2n) is 7.10. The van der Waals surface area contributed by atoms with E-state index in [0.29, 0.717) is 24.5 Å². The summed E-state index contributed by atoms with van der Waals surface area (Å²) >= 11 is 0. The number of methoxy groups -OCH3 is 1. The first-order chi connectivity index (χ1) is 13.7. The highest BCUT2D eigenvalue weighted by molar-refractivity contribution is 5.83. The molecule has 2 aromatic rings. The van der Waals surface area contributed by atoms with Crippen LogP contribution in [0.2, 0.25) is 0 Å². The highest BCUT2D eigenvalue weighted by Gasteiger charge is 2.23. The average molecular weight is 383 g/mol. The second-order valence-corrected chi connectivity index (χ2v) is 7.10. The maximum absolute atomic E-state index is 10.3. The predicted molar refractivity (Wildman–Crippen MR) is 113 cm³/mol. The Kier molecular flexibility index (Phi) is 7.31. The Morgan fingerprint density at radius 3 is 2.68 bits per heavy atom. The normalized spacial score (nSPS) is 15.8. The molecule has 0 bridgehead atoms. The molecule has 1 aliphatic rings. The fourth-order valence-corrected chi connectivity index (χ4v) is 3.53. The molecule has 0 saturated carbocycles. The number of nitrogens with zero attached hydrogens (tertiary/aromatic N) is 2. The highest BCUT2D eigenvalue weighted by atomic mass is 16.5. The van der Waals surface area contributed by atoms with Crippen LogP contribution in [-0.4, -0.2) is 49.6 Å². The minimum atomic E-state index is 0.191. The van der Waals surface area contributed by atoms with Gasteiger partial charge in [-0.25, -0.2) is 0 Å². The van der Waals surface area contributed by atoms with Gasteiger partial charge in [0.2, 0.25) is 0 Å². The molecule has 1 fully saturated rings. The van der Waals surface area contributed by atoms with Crippen LogP contribution in [0.15, 0.2) is 47.5 Å². The van der Waals surface area contributed by atoms with Gasteiger partial charge in [0.05, 0.1) is 26.3 Å². The Morgan fingerprint density at radius 1 is 1.14 bits per heavy atom. The van der Waals surface area contributed by atoms with Gasteiger partial charge in [0.1, 0.15) is 17.2 Å². The van der Waals surface area contributed by atoms with E-state index < -0.39 is 0 Å². The van der Waals surface area contributed by atoms with Crippen molar-refractivity contribution in [1.82, 2.24) is 4.90 Å². The van der Waals surface area contributed by atoms with E-state index in [9.17, 15) is 5.11 Å². The average Bonchev–Trinajstić information content (AvgIpc) is 3.25. The lowest BCUT2D eigenvalue weighted by Gasteiger charge is -2.26. The third-order valence-electron chi connectivity index (χ3n) is 5.04. The van der Waals surface area contributed by atoms with Gasteiger partial charge in [-0.15, -0.1) is 0 Å². The zero-order chi connectivity index (χ0) is 19.8. The van der Waals surface area contributed by atoms with Gasteiger partial charge in [-0.1, -0.05) is 19.1 Å². The molecule has 3 rings (SSSR count). The van der Waals surface area contributed by atoms with E-state index in [2.05, 4.69) is 28.9 Å². The monoisotopic (exact) mass is 382 g/mol. The molecule has 0 unspecified atom stereocenters. The fourth-order valence-electron chi connectivity index (χ4n) is 3.53. The molecule has 1 heterocycles. The molecule has 1 N–H and O–H groups in total. The van der Waals surface area contributed by atoms with E-state index in [1.165, 1.54) is 18.4 Å². The molecule has 0 amide bonds. The minimum Gasteiger partial charge on any atom is -0.507 e. The largest absolute Gasteiger partial charge is 0.507 e. The Bertz CT molecular complexity index is 785. The van der Waals surface area contributed by atoms with Crippen molar-refractivity contribution < 1.29 is 14.6 Å². The predicted octanol–water partition coefficient (Wildman–Crippen LogP) is 4.45. The van der Waals surface area contributed by atoms with Crippen LogP contribution in [0.4, 0.5) is 0 Å². The zero-order valence-corrected chi connectivity index (χ0v) is 16.8. The van der Waals surface area contributed by atoms with Crippen LogP contribution in [0.5, 0.6) is 17.2 Å². The van der Waals surface area contributed by atoms with Crippen LogP contribution in [0, 0.1) is 0 Å². The molecule has 5 nitrogen and oxygen atoms in total. The molecule has 0 aliphatic carbocycles. The lowest BCUT2D eigenvalue weighted by Crippen LogP contribution is -2.27. The number of phenolic OH excluding ortho intramolecular Hbond substituents is 1. The quantitative estimate of drug-likeness (QED) is 0.651. The highest BCUT2D eigenvalue weighted by Crippen LogP contribution is 2.28. The summed E-state index contributed by atoms with van der Waals surface area (Å²) in [5.41, 5.74) is 1.92. The van der Waals surface area contributed by atoms with E-state index in [0.717, 1.165) is 25.3 Å². The van der Waals surface area contributed by atoms with Crippen LogP contribution < -0.4 is 9.47 Å². The van der Waals surface area contributed by atoms with Crippen molar-refractivity contribution in [2.45, 2.75) is 32.2 Å². The number of hydrogen-bond acceptors (Lipinski definition) is 5. The van der Waals surface area contributed by atoms with Crippen molar-refractivity contribution in [3.05, 3.63) is 53.6 Å². The van der Waals surface area contributed by atoms with E-state index in [4.69, 9.17) is 9.47 Å². The fraction of sp³-hybridized carbons (Fsp3) is 0.435. The van der Waals surface area contributed by atoms with Gasteiger partial charge in [-0.2, -0.15) is 0 Å². The molecule has 2 aromatic carbocycles. The summed E-state index contributed by atoms with van der Waals surface area (Å²) < 4.78 is 11.0. The Labute approximate surface area is 167 Å². The summed E-state index contributed by atoms with van der Waals surface area (Å²) in [6.45, 7) is 5.52. The number of aliphatic imine (C=N–C) groups is 1. The van der Waals surface area contributed by atoms with E-state index in [1.54, 1.807) is 19.4 Å². The number of hydrogen-bond donors (Lipinski definition) is 1. The van der Waals surface area contributed by atoms with Crippen molar-refractivity contribution in [2.75, 3.05) is 33.4 Å². The van der Waals surface area contributed by atoms with Crippen molar-refractivity contribution in [3.63, 3.8) is 0 Å². The van der Waals surface area contributed by atoms with Gasteiger partial charge >= 0.3 is 0 Å². The van der Waals surface area contributed by atoms with E-state index >= 15 is 0 Å². The standard InChI is InChI=1S/C23H30N2O3/c1-3-13-28-21-10-9-19(23(26)15-21)16-24-17-22(25-11-4-5-12-25)18-7-6-8-20(14-18)27-2/h6-10,14-16,22,26H,3-5,11-13,17H2,1-2H3/t22-/m0/s1. The first kappa shape index (κ1) is 20.2. The molecule has 5 heteroatoms. The molecular weight excluding hydrogens is 352 g/mol. The topological polar surface area (TPSA) is 54.3 Å². The number of rotatable bonds is 9. The third-order valence-corrected chi connectivity index (χ3v) is 5.04. The molecule has 1 atom stereocenters. The van der Waals surface area contributed by atoms with Crippen molar-refractivity contribution in [3.8, 4) is 17.2 Å². The molecule has 0 spiro atoms. The third kappa shape index (κ3) is 5.26. The SMILES string of the molecule is CCCOc1ccc(C=NC[C@@H](c2cccc(OC)c2)N2CCCC2)c(O)c1. The summed E-state index contributed by atoms with van der Waals surface area (Å²) in [4.78, 5) is 7.14. The van der Waals surface area contributed by atoms with Crippen LogP contribution in [-0.2, 0) is 0 Å². The van der Waals surface area contributed by atoms with Crippen LogP contribution in [0.25, 0.3) is 0 Å². The maximum atomic E-state index is 10.3. The van der Waals surface area contributed by atoms with Gasteiger partial charge in [-0.3, -0.25) is 9.89 Å². The van der Waals surface area contributed by atoms with Crippen LogP contribution in [0.1, 0.15) is 43.4 Å². The summed E-state index contributed by atoms with van der Waals surface area (Å²) in [6, 6.07) is 13.8. The summed E-state index contributed by atoms with van der Waals surface area (Å²) in [7, 11) is 1.69. The number of ether oxygens (including phenoxy) is 2. The van der Waals surface area contributed by atoms with Gasteiger partial charge < -0.3 is 14.6 Å². The Balaban J connectivity index is 1.72. The zero-order valence-electron chi connectivity index (χ0n) is 16.8. The number of likely N-dealkylation sites (tertiary alicyclic amines) is 1. The molecular formula is C23H30N2O3. The maximum Gasteiger partial charge on any atom is 0.128 e. The molecule has 150 valence electrons. The lowest BCUT2D eigenvalue weighted by atomic mass is 10.1. The van der Waals surface area contributed by atoms with Gasteiger partial charge in [0.25, 0.3) is 0 Å². The van der Waals surface area contributed by atoms with Gasteiger partial charge in [0, 0.05) is 17.8 Å². The first-order valence-electron chi connectivity index (χ1n) is 10.0. The number of phenols is 1. The van der Waals surface area contributed by atoms with Crippen LogP contribution in [0.3, 0.4) is 0 Å². The number of aromatic hydroxyl groups is 1.